The van der Waals surface area contributed by atoms with Gasteiger partial charge in [0.1, 0.15) is 0 Å². The highest BCUT2D eigenvalue weighted by molar-refractivity contribution is 5.03. The van der Waals surface area contributed by atoms with Crippen LogP contribution in [0.15, 0.2) is 24.4 Å². The molecule has 18 heavy (non-hydrogen) atoms. The lowest BCUT2D eigenvalue weighted by Gasteiger charge is -2.20. The summed E-state index contributed by atoms with van der Waals surface area (Å²) in [6, 6.07) is 6.09. The van der Waals surface area contributed by atoms with Crippen LogP contribution in [0.5, 0.6) is 0 Å². The van der Waals surface area contributed by atoms with E-state index in [1.54, 1.807) is 0 Å². The first kappa shape index (κ1) is 15.1. The van der Waals surface area contributed by atoms with Gasteiger partial charge in [0.05, 0.1) is 5.69 Å². The van der Waals surface area contributed by atoms with Gasteiger partial charge in [-0.25, -0.2) is 0 Å². The average molecular weight is 250 g/mol. The Labute approximate surface area is 111 Å². The van der Waals surface area contributed by atoms with E-state index >= 15 is 0 Å². The van der Waals surface area contributed by atoms with Crippen LogP contribution in [0.2, 0.25) is 0 Å². The van der Waals surface area contributed by atoms with Gasteiger partial charge in [-0.3, -0.25) is 9.88 Å². The predicted molar refractivity (Wildman–Crippen MR) is 76.6 cm³/mol. The number of hydrogen-bond acceptors (Lipinski definition) is 4. The van der Waals surface area contributed by atoms with E-state index in [4.69, 9.17) is 0 Å². The largest absolute Gasteiger partial charge is 0.314 e. The van der Waals surface area contributed by atoms with E-state index in [1.165, 1.54) is 0 Å². The minimum absolute atomic E-state index is 0.937. The summed E-state index contributed by atoms with van der Waals surface area (Å²) < 4.78 is 0. The zero-order chi connectivity index (χ0) is 13.2. The fraction of sp³-hybridized carbons (Fsp3) is 0.643. The summed E-state index contributed by atoms with van der Waals surface area (Å²) in [6.45, 7) is 8.44. The highest BCUT2D eigenvalue weighted by atomic mass is 15.1. The lowest BCUT2D eigenvalue weighted by atomic mass is 10.3. The van der Waals surface area contributed by atoms with Crippen LogP contribution in [-0.4, -0.2) is 61.6 Å². The number of rotatable bonds is 9. The molecular formula is C14H26N4. The van der Waals surface area contributed by atoms with Crippen molar-refractivity contribution in [2.45, 2.75) is 13.5 Å². The molecule has 0 bridgehead atoms. The number of nitrogens with one attached hydrogen (secondary N) is 1. The molecule has 1 aromatic rings. The van der Waals surface area contributed by atoms with E-state index < -0.39 is 0 Å². The van der Waals surface area contributed by atoms with E-state index in [2.05, 4.69) is 47.2 Å². The molecule has 0 unspecified atom stereocenters. The van der Waals surface area contributed by atoms with Crippen LogP contribution in [0, 0.1) is 0 Å². The molecule has 1 heterocycles. The number of nitrogens with zero attached hydrogens (tertiary/aromatic N) is 3. The Morgan fingerprint density at radius 3 is 2.56 bits per heavy atom. The van der Waals surface area contributed by atoms with Crippen molar-refractivity contribution in [2.24, 2.45) is 0 Å². The Morgan fingerprint density at radius 2 is 1.94 bits per heavy atom. The van der Waals surface area contributed by atoms with E-state index in [-0.39, 0.29) is 0 Å². The molecule has 0 radical (unpaired) electrons. The third kappa shape index (κ3) is 6.69. The number of aromatic nitrogens is 1. The zero-order valence-electron chi connectivity index (χ0n) is 11.9. The maximum atomic E-state index is 4.37. The number of pyridine rings is 1. The molecule has 4 nitrogen and oxygen atoms in total. The summed E-state index contributed by atoms with van der Waals surface area (Å²) in [5.41, 5.74) is 1.15. The standard InChI is InChI=1S/C14H26N4/c1-4-18(12-10-15-9-11-17(2)3)13-14-7-5-6-8-16-14/h5-8,15H,4,9-13H2,1-3H3. The van der Waals surface area contributed by atoms with Gasteiger partial charge in [-0.05, 0) is 32.8 Å². The summed E-state index contributed by atoms with van der Waals surface area (Å²) in [5, 5.41) is 3.46. The van der Waals surface area contributed by atoms with Crippen molar-refractivity contribution in [1.29, 1.82) is 0 Å². The predicted octanol–water partition coefficient (Wildman–Crippen LogP) is 1.05. The molecule has 0 aliphatic rings. The molecule has 0 aromatic carbocycles. The van der Waals surface area contributed by atoms with Gasteiger partial charge in [0.15, 0.2) is 0 Å². The van der Waals surface area contributed by atoms with Gasteiger partial charge < -0.3 is 10.2 Å². The Balaban J connectivity index is 2.18. The maximum Gasteiger partial charge on any atom is 0.0543 e. The van der Waals surface area contributed by atoms with Crippen molar-refractivity contribution < 1.29 is 0 Å². The molecular weight excluding hydrogens is 224 g/mol. The normalized spacial score (nSPS) is 11.4. The van der Waals surface area contributed by atoms with Crippen molar-refractivity contribution >= 4 is 0 Å². The van der Waals surface area contributed by atoms with Crippen LogP contribution in [0.1, 0.15) is 12.6 Å². The average Bonchev–Trinajstić information content (AvgIpc) is 2.38. The van der Waals surface area contributed by atoms with Crippen molar-refractivity contribution in [3.05, 3.63) is 30.1 Å². The van der Waals surface area contributed by atoms with Gasteiger partial charge >= 0.3 is 0 Å². The van der Waals surface area contributed by atoms with Gasteiger partial charge in [-0.1, -0.05) is 13.0 Å². The summed E-state index contributed by atoms with van der Waals surface area (Å²) in [7, 11) is 4.20. The summed E-state index contributed by atoms with van der Waals surface area (Å²) in [5.74, 6) is 0. The Hall–Kier alpha value is -0.970. The molecule has 0 amide bonds. The van der Waals surface area contributed by atoms with Crippen LogP contribution in [0.25, 0.3) is 0 Å². The quantitative estimate of drug-likeness (QED) is 0.664. The van der Waals surface area contributed by atoms with E-state index in [1.807, 2.05) is 18.3 Å². The van der Waals surface area contributed by atoms with Crippen LogP contribution < -0.4 is 5.32 Å². The molecule has 0 aliphatic heterocycles. The summed E-state index contributed by atoms with van der Waals surface area (Å²) >= 11 is 0. The van der Waals surface area contributed by atoms with E-state index in [0.717, 1.165) is 45.0 Å². The van der Waals surface area contributed by atoms with Crippen LogP contribution in [0.3, 0.4) is 0 Å². The molecule has 1 rings (SSSR count). The van der Waals surface area contributed by atoms with Gasteiger partial charge in [0.2, 0.25) is 0 Å². The van der Waals surface area contributed by atoms with Gasteiger partial charge in [0, 0.05) is 38.9 Å². The molecule has 0 saturated carbocycles. The Kier molecular flexibility index (Phi) is 7.57. The van der Waals surface area contributed by atoms with Gasteiger partial charge in [0.25, 0.3) is 0 Å². The Morgan fingerprint density at radius 1 is 1.17 bits per heavy atom. The highest BCUT2D eigenvalue weighted by Gasteiger charge is 2.03. The SMILES string of the molecule is CCN(CCNCCN(C)C)Cc1ccccn1. The topological polar surface area (TPSA) is 31.4 Å². The smallest absolute Gasteiger partial charge is 0.0543 e. The second-order valence-corrected chi connectivity index (χ2v) is 4.74. The first-order valence-corrected chi connectivity index (χ1v) is 6.70. The van der Waals surface area contributed by atoms with Crippen LogP contribution >= 0.6 is 0 Å². The molecule has 0 saturated heterocycles. The van der Waals surface area contributed by atoms with Crippen molar-refractivity contribution in [2.75, 3.05) is 46.8 Å². The maximum absolute atomic E-state index is 4.37. The fourth-order valence-electron chi connectivity index (χ4n) is 1.73. The molecule has 102 valence electrons. The molecule has 1 aromatic heterocycles. The fourth-order valence-corrected chi connectivity index (χ4v) is 1.73. The molecule has 0 spiro atoms. The van der Waals surface area contributed by atoms with Crippen molar-refractivity contribution in [3.8, 4) is 0 Å². The Bertz CT molecular complexity index is 300. The number of likely N-dealkylation sites (N-methyl/N-ethyl adjacent to an activating group) is 2. The number of hydrogen-bond donors (Lipinski definition) is 1. The minimum atomic E-state index is 0.937. The second-order valence-electron chi connectivity index (χ2n) is 4.74. The third-order valence-electron chi connectivity index (χ3n) is 2.90. The molecule has 1 N–H and O–H groups in total. The van der Waals surface area contributed by atoms with E-state index in [0.29, 0.717) is 0 Å². The van der Waals surface area contributed by atoms with Crippen molar-refractivity contribution in [3.63, 3.8) is 0 Å². The van der Waals surface area contributed by atoms with Crippen LogP contribution in [0.4, 0.5) is 0 Å². The molecule has 0 atom stereocenters. The first-order valence-electron chi connectivity index (χ1n) is 6.70. The van der Waals surface area contributed by atoms with Crippen molar-refractivity contribution in [1.82, 2.24) is 20.1 Å². The highest BCUT2D eigenvalue weighted by Crippen LogP contribution is 1.99. The first-order chi connectivity index (χ1) is 8.72. The minimum Gasteiger partial charge on any atom is -0.314 e. The van der Waals surface area contributed by atoms with Gasteiger partial charge in [-0.2, -0.15) is 0 Å². The lowest BCUT2D eigenvalue weighted by Crippen LogP contribution is -2.34. The third-order valence-corrected chi connectivity index (χ3v) is 2.90. The second kappa shape index (κ2) is 9.03. The lowest BCUT2D eigenvalue weighted by molar-refractivity contribution is 0.274. The molecule has 4 heteroatoms. The molecule has 0 fully saturated rings. The summed E-state index contributed by atoms with van der Waals surface area (Å²) in [6.07, 6.45) is 1.86. The molecule has 0 aliphatic carbocycles. The van der Waals surface area contributed by atoms with Crippen LogP contribution in [-0.2, 0) is 6.54 Å². The van der Waals surface area contributed by atoms with Gasteiger partial charge in [-0.15, -0.1) is 0 Å². The summed E-state index contributed by atoms with van der Waals surface area (Å²) in [4.78, 5) is 8.97. The monoisotopic (exact) mass is 250 g/mol. The van der Waals surface area contributed by atoms with E-state index in [9.17, 15) is 0 Å². The zero-order valence-corrected chi connectivity index (χ0v) is 11.9.